The molecule has 2 aliphatic heterocycles. The van der Waals surface area contributed by atoms with Gasteiger partial charge in [-0.15, -0.1) is 10.2 Å². The van der Waals surface area contributed by atoms with Crippen molar-refractivity contribution in [1.29, 1.82) is 0 Å². The van der Waals surface area contributed by atoms with Gasteiger partial charge in [-0.3, -0.25) is 4.57 Å². The standard InChI is InChI=1S/C22H32N4O2S/c1-18-9-3-4-11-20(18)28-15-8-16-29-22-24-23-21(25-12-5-2-6-13-25)26(22)17-19-10-7-14-27-19/h3-4,9,11,19H,2,5-8,10,12-17H2,1H3/t19-/m0/s1. The smallest absolute Gasteiger partial charge is 0.228 e. The third-order valence-electron chi connectivity index (χ3n) is 5.62. The zero-order valence-corrected chi connectivity index (χ0v) is 18.2. The lowest BCUT2D eigenvalue weighted by atomic mass is 10.1. The molecule has 0 radical (unpaired) electrons. The Morgan fingerprint density at radius 2 is 2.00 bits per heavy atom. The van der Waals surface area contributed by atoms with Crippen LogP contribution >= 0.6 is 11.8 Å². The molecule has 1 atom stereocenters. The third-order valence-corrected chi connectivity index (χ3v) is 6.67. The van der Waals surface area contributed by atoms with E-state index in [0.717, 1.165) is 74.7 Å². The van der Waals surface area contributed by atoms with E-state index in [0.29, 0.717) is 6.10 Å². The van der Waals surface area contributed by atoms with E-state index in [4.69, 9.17) is 9.47 Å². The Kier molecular flexibility index (Phi) is 7.33. The van der Waals surface area contributed by atoms with Gasteiger partial charge < -0.3 is 14.4 Å². The first kappa shape index (κ1) is 20.5. The fraction of sp³-hybridized carbons (Fsp3) is 0.636. The number of ether oxygens (including phenoxy) is 2. The molecule has 7 heteroatoms. The molecule has 0 unspecified atom stereocenters. The van der Waals surface area contributed by atoms with Gasteiger partial charge >= 0.3 is 0 Å². The molecule has 158 valence electrons. The number of aromatic nitrogens is 3. The van der Waals surface area contributed by atoms with Crippen molar-refractivity contribution in [2.24, 2.45) is 0 Å². The first-order valence-electron chi connectivity index (χ1n) is 10.9. The summed E-state index contributed by atoms with van der Waals surface area (Å²) in [5.74, 6) is 2.97. The minimum atomic E-state index is 0.290. The Labute approximate surface area is 178 Å². The van der Waals surface area contributed by atoms with Gasteiger partial charge in [0.05, 0.1) is 19.3 Å². The second-order valence-electron chi connectivity index (χ2n) is 7.89. The lowest BCUT2D eigenvalue weighted by Crippen LogP contribution is -2.33. The van der Waals surface area contributed by atoms with Crippen LogP contribution in [0.2, 0.25) is 0 Å². The Balaban J connectivity index is 1.34. The molecule has 1 aromatic heterocycles. The number of aryl methyl sites for hydroxylation is 1. The molecule has 2 saturated heterocycles. The van der Waals surface area contributed by atoms with Crippen LogP contribution < -0.4 is 9.64 Å². The minimum absolute atomic E-state index is 0.290. The summed E-state index contributed by atoms with van der Waals surface area (Å²) in [6.45, 7) is 6.71. The van der Waals surface area contributed by atoms with Crippen molar-refractivity contribution in [2.45, 2.75) is 63.3 Å². The highest BCUT2D eigenvalue weighted by Gasteiger charge is 2.24. The second kappa shape index (κ2) is 10.3. The van der Waals surface area contributed by atoms with Gasteiger partial charge in [0, 0.05) is 25.4 Å². The van der Waals surface area contributed by atoms with E-state index in [1.165, 1.54) is 24.8 Å². The highest BCUT2D eigenvalue weighted by atomic mass is 32.2. The fourth-order valence-electron chi connectivity index (χ4n) is 3.99. The van der Waals surface area contributed by atoms with E-state index in [-0.39, 0.29) is 0 Å². The number of piperidine rings is 1. The monoisotopic (exact) mass is 416 g/mol. The van der Waals surface area contributed by atoms with Crippen LogP contribution in [0.3, 0.4) is 0 Å². The van der Waals surface area contributed by atoms with E-state index in [2.05, 4.69) is 32.7 Å². The summed E-state index contributed by atoms with van der Waals surface area (Å²) >= 11 is 1.78. The van der Waals surface area contributed by atoms with E-state index in [9.17, 15) is 0 Å². The summed E-state index contributed by atoms with van der Waals surface area (Å²) < 4.78 is 14.1. The first-order chi connectivity index (χ1) is 14.3. The lowest BCUT2D eigenvalue weighted by Gasteiger charge is -2.28. The lowest BCUT2D eigenvalue weighted by molar-refractivity contribution is 0.0951. The van der Waals surface area contributed by atoms with Crippen molar-refractivity contribution in [3.05, 3.63) is 29.8 Å². The van der Waals surface area contributed by atoms with Gasteiger partial charge in [0.1, 0.15) is 5.75 Å². The Morgan fingerprint density at radius 1 is 1.14 bits per heavy atom. The van der Waals surface area contributed by atoms with Crippen LogP contribution in [0.25, 0.3) is 0 Å². The zero-order valence-electron chi connectivity index (χ0n) is 17.4. The second-order valence-corrected chi connectivity index (χ2v) is 8.95. The molecule has 29 heavy (non-hydrogen) atoms. The Bertz CT molecular complexity index is 770. The summed E-state index contributed by atoms with van der Waals surface area (Å²) in [5, 5.41) is 10.1. The molecule has 6 nitrogen and oxygen atoms in total. The topological polar surface area (TPSA) is 52.4 Å². The molecule has 2 aliphatic rings. The molecule has 0 aliphatic carbocycles. The Hall–Kier alpha value is -1.73. The number of hydrogen-bond donors (Lipinski definition) is 0. The molecule has 4 rings (SSSR count). The van der Waals surface area contributed by atoms with E-state index in [1.54, 1.807) is 11.8 Å². The SMILES string of the molecule is Cc1ccccc1OCCCSc1nnc(N2CCCCC2)n1C[C@@H]1CCCO1. The summed E-state index contributed by atoms with van der Waals surface area (Å²) in [7, 11) is 0. The van der Waals surface area contributed by atoms with Crippen LogP contribution in [0, 0.1) is 6.92 Å². The van der Waals surface area contributed by atoms with Crippen molar-refractivity contribution >= 4 is 17.7 Å². The number of anilines is 1. The molecule has 0 N–H and O–H groups in total. The predicted molar refractivity (Wildman–Crippen MR) is 117 cm³/mol. The predicted octanol–water partition coefficient (Wildman–Crippen LogP) is 4.32. The van der Waals surface area contributed by atoms with Crippen LogP contribution in [0.5, 0.6) is 5.75 Å². The van der Waals surface area contributed by atoms with Gasteiger partial charge in [0.15, 0.2) is 5.16 Å². The van der Waals surface area contributed by atoms with Crippen LogP contribution in [0.4, 0.5) is 5.95 Å². The normalized spacial score (nSPS) is 19.6. The van der Waals surface area contributed by atoms with Crippen molar-refractivity contribution in [3.8, 4) is 5.75 Å². The zero-order chi connectivity index (χ0) is 19.9. The summed E-state index contributed by atoms with van der Waals surface area (Å²) in [4.78, 5) is 2.40. The van der Waals surface area contributed by atoms with Gasteiger partial charge in [0.2, 0.25) is 5.95 Å². The molecule has 1 aromatic carbocycles. The van der Waals surface area contributed by atoms with E-state index in [1.807, 2.05) is 18.2 Å². The number of nitrogens with zero attached hydrogens (tertiary/aromatic N) is 4. The molecule has 0 bridgehead atoms. The summed E-state index contributed by atoms with van der Waals surface area (Å²) in [6.07, 6.45) is 7.36. The van der Waals surface area contributed by atoms with Crippen LogP contribution in [0.1, 0.15) is 44.1 Å². The molecule has 0 saturated carbocycles. The molecule has 2 aromatic rings. The maximum atomic E-state index is 5.93. The number of benzene rings is 1. The summed E-state index contributed by atoms with van der Waals surface area (Å²) in [6, 6.07) is 8.18. The number of hydrogen-bond acceptors (Lipinski definition) is 6. The van der Waals surface area contributed by atoms with Gasteiger partial charge in [-0.25, -0.2) is 0 Å². The number of para-hydroxylation sites is 1. The van der Waals surface area contributed by atoms with Crippen molar-refractivity contribution in [2.75, 3.05) is 37.0 Å². The maximum absolute atomic E-state index is 5.93. The highest BCUT2D eigenvalue weighted by Crippen LogP contribution is 2.27. The molecule has 2 fully saturated rings. The van der Waals surface area contributed by atoms with Gasteiger partial charge in [0.25, 0.3) is 0 Å². The fourth-order valence-corrected chi connectivity index (χ4v) is 4.85. The van der Waals surface area contributed by atoms with Crippen molar-refractivity contribution < 1.29 is 9.47 Å². The average molecular weight is 417 g/mol. The Morgan fingerprint density at radius 3 is 2.79 bits per heavy atom. The largest absolute Gasteiger partial charge is 0.493 e. The number of rotatable bonds is 9. The highest BCUT2D eigenvalue weighted by molar-refractivity contribution is 7.99. The third kappa shape index (κ3) is 5.45. The molecular weight excluding hydrogens is 384 g/mol. The van der Waals surface area contributed by atoms with Crippen molar-refractivity contribution in [3.63, 3.8) is 0 Å². The minimum Gasteiger partial charge on any atom is -0.493 e. The van der Waals surface area contributed by atoms with Crippen molar-refractivity contribution in [1.82, 2.24) is 14.8 Å². The van der Waals surface area contributed by atoms with E-state index >= 15 is 0 Å². The maximum Gasteiger partial charge on any atom is 0.228 e. The van der Waals surface area contributed by atoms with Gasteiger partial charge in [-0.1, -0.05) is 30.0 Å². The molecule has 0 amide bonds. The first-order valence-corrected chi connectivity index (χ1v) is 11.9. The number of thioether (sulfide) groups is 1. The van der Waals surface area contributed by atoms with Crippen LogP contribution in [0.15, 0.2) is 29.4 Å². The quantitative estimate of drug-likeness (QED) is 0.448. The van der Waals surface area contributed by atoms with E-state index < -0.39 is 0 Å². The average Bonchev–Trinajstić information content (AvgIpc) is 3.40. The van der Waals surface area contributed by atoms with Crippen LogP contribution in [-0.2, 0) is 11.3 Å². The van der Waals surface area contributed by atoms with Gasteiger partial charge in [-0.05, 0) is 57.1 Å². The van der Waals surface area contributed by atoms with Gasteiger partial charge in [-0.2, -0.15) is 0 Å². The molecule has 0 spiro atoms. The molecule has 3 heterocycles. The summed E-state index contributed by atoms with van der Waals surface area (Å²) in [5.41, 5.74) is 1.18. The van der Waals surface area contributed by atoms with Crippen LogP contribution in [-0.4, -0.2) is 52.9 Å². The molecular formula is C22H32N4O2S.